The van der Waals surface area contributed by atoms with Crippen LogP contribution in [-0.4, -0.2) is 19.8 Å². The Hall–Kier alpha value is -1.27. The van der Waals surface area contributed by atoms with Gasteiger partial charge in [-0.15, -0.1) is 6.42 Å². The lowest BCUT2D eigenvalue weighted by atomic mass is 10.1. The van der Waals surface area contributed by atoms with Gasteiger partial charge in [-0.25, -0.2) is 0 Å². The van der Waals surface area contributed by atoms with E-state index in [9.17, 15) is 4.39 Å². The summed E-state index contributed by atoms with van der Waals surface area (Å²) < 4.78 is 17.7. The quantitative estimate of drug-likeness (QED) is 0.551. The number of rotatable bonds is 6. The van der Waals surface area contributed by atoms with Crippen molar-refractivity contribution in [3.05, 3.63) is 24.2 Å². The molecule has 0 bridgehead atoms. The largest absolute Gasteiger partial charge is 0.469 e. The SMILES string of the molecule is C#CCNCC(CF)Cc1ccco1. The van der Waals surface area contributed by atoms with Crippen LogP contribution in [0.5, 0.6) is 0 Å². The Kier molecular flexibility index (Phi) is 4.81. The number of hydrogen-bond acceptors (Lipinski definition) is 2. The van der Waals surface area contributed by atoms with E-state index < -0.39 is 0 Å². The summed E-state index contributed by atoms with van der Waals surface area (Å²) in [7, 11) is 0. The van der Waals surface area contributed by atoms with Gasteiger partial charge in [0.25, 0.3) is 0 Å². The Morgan fingerprint density at radius 2 is 2.50 bits per heavy atom. The van der Waals surface area contributed by atoms with Gasteiger partial charge in [-0.2, -0.15) is 0 Å². The highest BCUT2D eigenvalue weighted by Gasteiger charge is 2.10. The minimum Gasteiger partial charge on any atom is -0.469 e. The molecule has 0 aliphatic carbocycles. The summed E-state index contributed by atoms with van der Waals surface area (Å²) in [5.41, 5.74) is 0. The van der Waals surface area contributed by atoms with Crippen LogP contribution in [0.15, 0.2) is 22.8 Å². The summed E-state index contributed by atoms with van der Waals surface area (Å²) >= 11 is 0. The average Bonchev–Trinajstić information content (AvgIpc) is 2.69. The summed E-state index contributed by atoms with van der Waals surface area (Å²) in [6, 6.07) is 3.66. The first-order valence-electron chi connectivity index (χ1n) is 4.59. The van der Waals surface area contributed by atoms with Crippen LogP contribution >= 0.6 is 0 Å². The van der Waals surface area contributed by atoms with Gasteiger partial charge >= 0.3 is 0 Å². The van der Waals surface area contributed by atoms with E-state index in [2.05, 4.69) is 11.2 Å². The third-order valence-corrected chi connectivity index (χ3v) is 1.95. The van der Waals surface area contributed by atoms with Crippen molar-refractivity contribution in [2.75, 3.05) is 19.8 Å². The molecule has 0 aliphatic heterocycles. The standard InChI is InChI=1S/C11H14FNO/c1-2-5-13-9-10(8-12)7-11-4-3-6-14-11/h1,3-4,6,10,13H,5,7-9H2. The van der Waals surface area contributed by atoms with Gasteiger partial charge in [0.05, 0.1) is 19.5 Å². The second-order valence-electron chi connectivity index (χ2n) is 3.14. The van der Waals surface area contributed by atoms with Gasteiger partial charge < -0.3 is 9.73 Å². The topological polar surface area (TPSA) is 25.2 Å². The van der Waals surface area contributed by atoms with Crippen LogP contribution in [-0.2, 0) is 6.42 Å². The summed E-state index contributed by atoms with van der Waals surface area (Å²) in [5, 5.41) is 2.98. The van der Waals surface area contributed by atoms with Crippen molar-refractivity contribution in [1.29, 1.82) is 0 Å². The molecular weight excluding hydrogens is 181 g/mol. The summed E-state index contributed by atoms with van der Waals surface area (Å²) in [5.74, 6) is 3.20. The van der Waals surface area contributed by atoms with Gasteiger partial charge in [-0.1, -0.05) is 5.92 Å². The third-order valence-electron chi connectivity index (χ3n) is 1.95. The average molecular weight is 195 g/mol. The van der Waals surface area contributed by atoms with Crippen LogP contribution in [0.25, 0.3) is 0 Å². The predicted octanol–water partition coefficient (Wildman–Crippen LogP) is 1.63. The van der Waals surface area contributed by atoms with E-state index in [4.69, 9.17) is 10.8 Å². The van der Waals surface area contributed by atoms with Gasteiger partial charge in [0, 0.05) is 18.9 Å². The lowest BCUT2D eigenvalue weighted by molar-refractivity contribution is 0.330. The highest BCUT2D eigenvalue weighted by atomic mass is 19.1. The molecule has 1 atom stereocenters. The Labute approximate surface area is 83.5 Å². The van der Waals surface area contributed by atoms with E-state index in [1.807, 2.05) is 6.07 Å². The first-order valence-corrected chi connectivity index (χ1v) is 4.59. The lowest BCUT2D eigenvalue weighted by Gasteiger charge is -2.10. The van der Waals surface area contributed by atoms with Crippen LogP contribution in [0.3, 0.4) is 0 Å². The Bertz CT molecular complexity index is 276. The van der Waals surface area contributed by atoms with Gasteiger partial charge in [0.1, 0.15) is 5.76 Å². The maximum atomic E-state index is 12.5. The number of terminal acetylenes is 1. The molecule has 0 spiro atoms. The molecule has 1 unspecified atom stereocenters. The highest BCUT2D eigenvalue weighted by Crippen LogP contribution is 2.09. The molecule has 1 aromatic rings. The molecule has 1 N–H and O–H groups in total. The van der Waals surface area contributed by atoms with Crippen LogP contribution in [0, 0.1) is 18.3 Å². The number of furan rings is 1. The van der Waals surface area contributed by atoms with E-state index in [1.165, 1.54) is 0 Å². The van der Waals surface area contributed by atoms with Crippen LogP contribution in [0.1, 0.15) is 5.76 Å². The molecule has 1 rings (SSSR count). The fraction of sp³-hybridized carbons (Fsp3) is 0.455. The molecule has 76 valence electrons. The number of alkyl halides is 1. The maximum absolute atomic E-state index is 12.5. The first kappa shape index (κ1) is 10.8. The van der Waals surface area contributed by atoms with Gasteiger partial charge in [0.15, 0.2) is 0 Å². The Morgan fingerprint density at radius 3 is 3.07 bits per heavy atom. The molecule has 1 aromatic heterocycles. The van der Waals surface area contributed by atoms with Crippen molar-refractivity contribution in [2.24, 2.45) is 5.92 Å². The van der Waals surface area contributed by atoms with Gasteiger partial charge in [0.2, 0.25) is 0 Å². The van der Waals surface area contributed by atoms with Crippen molar-refractivity contribution in [3.63, 3.8) is 0 Å². The second-order valence-corrected chi connectivity index (χ2v) is 3.14. The molecule has 1 heterocycles. The molecule has 0 aromatic carbocycles. The van der Waals surface area contributed by atoms with Crippen molar-refractivity contribution >= 4 is 0 Å². The summed E-state index contributed by atoms with van der Waals surface area (Å²) in [6.07, 6.45) is 7.28. The van der Waals surface area contributed by atoms with Crippen molar-refractivity contribution in [2.45, 2.75) is 6.42 Å². The second kappa shape index (κ2) is 6.22. The normalized spacial score (nSPS) is 12.3. The molecule has 0 saturated carbocycles. The number of hydrogen-bond donors (Lipinski definition) is 1. The third kappa shape index (κ3) is 3.63. The molecule has 0 aliphatic rings. The molecule has 14 heavy (non-hydrogen) atoms. The molecule has 0 radical (unpaired) electrons. The lowest BCUT2D eigenvalue weighted by Crippen LogP contribution is -2.25. The minimum absolute atomic E-state index is 0.0606. The monoisotopic (exact) mass is 195 g/mol. The van der Waals surface area contributed by atoms with Crippen molar-refractivity contribution in [3.8, 4) is 12.3 Å². The molecule has 0 saturated heterocycles. The van der Waals surface area contributed by atoms with Crippen LogP contribution in [0.4, 0.5) is 4.39 Å². The minimum atomic E-state index is -0.363. The number of nitrogens with one attached hydrogen (secondary N) is 1. The fourth-order valence-electron chi connectivity index (χ4n) is 1.24. The van der Waals surface area contributed by atoms with Gasteiger partial charge in [-0.3, -0.25) is 4.39 Å². The highest BCUT2D eigenvalue weighted by molar-refractivity contribution is 4.99. The smallest absolute Gasteiger partial charge is 0.104 e. The Balaban J connectivity index is 2.29. The molecule has 0 fully saturated rings. The maximum Gasteiger partial charge on any atom is 0.104 e. The fourth-order valence-corrected chi connectivity index (χ4v) is 1.24. The van der Waals surface area contributed by atoms with Crippen LogP contribution < -0.4 is 5.32 Å². The first-order chi connectivity index (χ1) is 6.86. The zero-order valence-corrected chi connectivity index (χ0v) is 8.00. The molecule has 2 nitrogen and oxygen atoms in total. The van der Waals surface area contributed by atoms with Gasteiger partial charge in [-0.05, 0) is 12.1 Å². The van der Waals surface area contributed by atoms with E-state index in [0.29, 0.717) is 19.5 Å². The zero-order valence-electron chi connectivity index (χ0n) is 8.00. The predicted molar refractivity (Wildman–Crippen MR) is 53.6 cm³/mol. The summed E-state index contributed by atoms with van der Waals surface area (Å²) in [6.45, 7) is 0.703. The molecular formula is C11H14FNO. The summed E-state index contributed by atoms with van der Waals surface area (Å²) in [4.78, 5) is 0. The van der Waals surface area contributed by atoms with E-state index in [0.717, 1.165) is 5.76 Å². The Morgan fingerprint density at radius 1 is 1.64 bits per heavy atom. The number of halogens is 1. The van der Waals surface area contributed by atoms with E-state index in [1.54, 1.807) is 12.3 Å². The molecule has 3 heteroatoms. The van der Waals surface area contributed by atoms with E-state index >= 15 is 0 Å². The van der Waals surface area contributed by atoms with Crippen molar-refractivity contribution in [1.82, 2.24) is 5.32 Å². The van der Waals surface area contributed by atoms with E-state index in [-0.39, 0.29) is 12.6 Å². The molecule has 0 amide bonds. The van der Waals surface area contributed by atoms with Crippen molar-refractivity contribution < 1.29 is 8.81 Å². The zero-order chi connectivity index (χ0) is 10.2. The van der Waals surface area contributed by atoms with Crippen LogP contribution in [0.2, 0.25) is 0 Å².